The average Bonchev–Trinajstić information content (AvgIpc) is 2.88. The van der Waals surface area contributed by atoms with Crippen LogP contribution >= 0.6 is 11.3 Å². The molecule has 2 aromatic rings. The highest BCUT2D eigenvalue weighted by Gasteiger charge is 2.12. The first-order valence-electron chi connectivity index (χ1n) is 7.14. The smallest absolute Gasteiger partial charge is 0.0898 e. The zero-order valence-electron chi connectivity index (χ0n) is 13.0. The summed E-state index contributed by atoms with van der Waals surface area (Å²) in [5.74, 6) is 0. The van der Waals surface area contributed by atoms with E-state index in [2.05, 4.69) is 53.2 Å². The average molecular weight is 292 g/mol. The number of aryl methyl sites for hydroxylation is 2. The van der Waals surface area contributed by atoms with Crippen LogP contribution in [0.3, 0.4) is 0 Å². The van der Waals surface area contributed by atoms with Gasteiger partial charge in [-0.05, 0) is 39.3 Å². The molecule has 2 aromatic heterocycles. The van der Waals surface area contributed by atoms with Crippen molar-refractivity contribution in [2.24, 2.45) is 0 Å². The van der Waals surface area contributed by atoms with Gasteiger partial charge in [-0.3, -0.25) is 4.68 Å². The van der Waals surface area contributed by atoms with E-state index in [1.54, 1.807) is 11.3 Å². The lowest BCUT2D eigenvalue weighted by molar-refractivity contribution is 0.588. The van der Waals surface area contributed by atoms with Crippen LogP contribution in [0.1, 0.15) is 41.5 Å². The Morgan fingerprint density at radius 1 is 1.30 bits per heavy atom. The molecule has 0 radical (unpaired) electrons. The highest BCUT2D eigenvalue weighted by atomic mass is 32.1. The zero-order valence-corrected chi connectivity index (χ0v) is 13.8. The number of nitrogens with one attached hydrogen (secondary N) is 1. The number of hydrogen-bond acceptors (Lipinski definition) is 4. The zero-order chi connectivity index (χ0) is 14.7. The SMILES string of the molecule is Cc1nc(Cn2nc(C)c(CCNC(C)C)c2C)cs1. The molecule has 0 aliphatic carbocycles. The van der Waals surface area contributed by atoms with Crippen LogP contribution < -0.4 is 5.32 Å². The first-order chi connectivity index (χ1) is 9.47. The Morgan fingerprint density at radius 3 is 2.65 bits per heavy atom. The highest BCUT2D eigenvalue weighted by Crippen LogP contribution is 2.16. The second kappa shape index (κ2) is 6.50. The molecule has 2 heterocycles. The number of nitrogens with zero attached hydrogens (tertiary/aromatic N) is 3. The van der Waals surface area contributed by atoms with E-state index in [-0.39, 0.29) is 0 Å². The second-order valence-corrected chi connectivity index (χ2v) is 6.59. The molecule has 0 amide bonds. The van der Waals surface area contributed by atoms with Crippen LogP contribution in [0.4, 0.5) is 0 Å². The minimum absolute atomic E-state index is 0.531. The van der Waals surface area contributed by atoms with Gasteiger partial charge in [-0.2, -0.15) is 5.10 Å². The van der Waals surface area contributed by atoms with Crippen LogP contribution in [0.5, 0.6) is 0 Å². The van der Waals surface area contributed by atoms with Crippen LogP contribution in [0.2, 0.25) is 0 Å². The standard InChI is InChI=1S/C15H24N4S/c1-10(2)16-7-6-15-11(3)18-19(12(15)4)8-14-9-20-13(5)17-14/h9-10,16H,6-8H2,1-5H3. The molecule has 0 fully saturated rings. The Hall–Kier alpha value is -1.20. The van der Waals surface area contributed by atoms with E-state index in [9.17, 15) is 0 Å². The van der Waals surface area contributed by atoms with E-state index in [1.165, 1.54) is 11.3 Å². The summed E-state index contributed by atoms with van der Waals surface area (Å²) in [5, 5.41) is 11.4. The maximum Gasteiger partial charge on any atom is 0.0898 e. The largest absolute Gasteiger partial charge is 0.314 e. The quantitative estimate of drug-likeness (QED) is 0.890. The van der Waals surface area contributed by atoms with Crippen molar-refractivity contribution in [1.82, 2.24) is 20.1 Å². The molecule has 0 aliphatic heterocycles. The van der Waals surface area contributed by atoms with E-state index in [1.807, 2.05) is 6.92 Å². The summed E-state index contributed by atoms with van der Waals surface area (Å²) >= 11 is 1.70. The first kappa shape index (κ1) is 15.2. The Balaban J connectivity index is 2.08. The predicted octanol–water partition coefficient (Wildman–Crippen LogP) is 2.85. The molecule has 1 N–H and O–H groups in total. The molecule has 2 rings (SSSR count). The minimum atomic E-state index is 0.531. The van der Waals surface area contributed by atoms with Gasteiger partial charge in [-0.15, -0.1) is 11.3 Å². The summed E-state index contributed by atoms with van der Waals surface area (Å²) in [6, 6.07) is 0.531. The normalized spacial score (nSPS) is 11.5. The van der Waals surface area contributed by atoms with Gasteiger partial charge in [-0.1, -0.05) is 13.8 Å². The van der Waals surface area contributed by atoms with Crippen molar-refractivity contribution < 1.29 is 0 Å². The summed E-state index contributed by atoms with van der Waals surface area (Å²) in [5.41, 5.74) is 4.87. The number of aromatic nitrogens is 3. The summed E-state index contributed by atoms with van der Waals surface area (Å²) in [6.07, 6.45) is 1.03. The fourth-order valence-corrected chi connectivity index (χ4v) is 2.97. The molecule has 110 valence electrons. The number of rotatable bonds is 6. The topological polar surface area (TPSA) is 42.7 Å². The van der Waals surface area contributed by atoms with Crippen molar-refractivity contribution in [3.63, 3.8) is 0 Å². The first-order valence-corrected chi connectivity index (χ1v) is 8.02. The maximum absolute atomic E-state index is 4.67. The third kappa shape index (κ3) is 3.67. The monoisotopic (exact) mass is 292 g/mol. The highest BCUT2D eigenvalue weighted by molar-refractivity contribution is 7.09. The van der Waals surface area contributed by atoms with E-state index >= 15 is 0 Å². The molecule has 5 heteroatoms. The summed E-state index contributed by atoms with van der Waals surface area (Å²) in [4.78, 5) is 4.52. The van der Waals surface area contributed by atoms with Crippen molar-refractivity contribution in [3.05, 3.63) is 33.0 Å². The second-order valence-electron chi connectivity index (χ2n) is 5.52. The van der Waals surface area contributed by atoms with Crippen molar-refractivity contribution in [1.29, 1.82) is 0 Å². The van der Waals surface area contributed by atoms with Crippen molar-refractivity contribution in [2.45, 2.75) is 53.6 Å². The molecule has 20 heavy (non-hydrogen) atoms. The van der Waals surface area contributed by atoms with Crippen LogP contribution in [0.25, 0.3) is 0 Å². The fraction of sp³-hybridized carbons (Fsp3) is 0.600. The molecular formula is C15H24N4S. The van der Waals surface area contributed by atoms with Gasteiger partial charge in [0.05, 0.1) is 22.9 Å². The molecule has 0 atom stereocenters. The third-order valence-corrected chi connectivity index (χ3v) is 4.26. The predicted molar refractivity (Wildman–Crippen MR) is 84.5 cm³/mol. The molecule has 0 aliphatic rings. The summed E-state index contributed by atoms with van der Waals surface area (Å²) in [6.45, 7) is 12.4. The van der Waals surface area contributed by atoms with E-state index < -0.39 is 0 Å². The Morgan fingerprint density at radius 2 is 2.05 bits per heavy atom. The number of hydrogen-bond donors (Lipinski definition) is 1. The van der Waals surface area contributed by atoms with Crippen LogP contribution in [0.15, 0.2) is 5.38 Å². The van der Waals surface area contributed by atoms with Crippen molar-refractivity contribution >= 4 is 11.3 Å². The Kier molecular flexibility index (Phi) is 4.94. The van der Waals surface area contributed by atoms with Gasteiger partial charge in [0.2, 0.25) is 0 Å². The molecule has 0 aromatic carbocycles. The molecule has 0 spiro atoms. The van der Waals surface area contributed by atoms with Gasteiger partial charge < -0.3 is 5.32 Å². The maximum atomic E-state index is 4.67. The van der Waals surface area contributed by atoms with Gasteiger partial charge in [-0.25, -0.2) is 4.98 Å². The van der Waals surface area contributed by atoms with E-state index in [0.717, 1.165) is 35.9 Å². The van der Waals surface area contributed by atoms with Crippen LogP contribution in [-0.2, 0) is 13.0 Å². The lowest BCUT2D eigenvalue weighted by atomic mass is 10.1. The van der Waals surface area contributed by atoms with Gasteiger partial charge >= 0.3 is 0 Å². The molecule has 4 nitrogen and oxygen atoms in total. The third-order valence-electron chi connectivity index (χ3n) is 3.44. The summed E-state index contributed by atoms with van der Waals surface area (Å²) in [7, 11) is 0. The molecule has 0 bridgehead atoms. The lowest BCUT2D eigenvalue weighted by Crippen LogP contribution is -2.25. The van der Waals surface area contributed by atoms with Crippen molar-refractivity contribution in [3.8, 4) is 0 Å². The Labute approximate surface area is 125 Å². The van der Waals surface area contributed by atoms with Gasteiger partial charge in [0, 0.05) is 17.1 Å². The number of thiazole rings is 1. The van der Waals surface area contributed by atoms with E-state index in [4.69, 9.17) is 0 Å². The molecule has 0 saturated carbocycles. The minimum Gasteiger partial charge on any atom is -0.314 e. The molecular weight excluding hydrogens is 268 g/mol. The Bertz CT molecular complexity index is 568. The molecule has 0 unspecified atom stereocenters. The summed E-state index contributed by atoms with van der Waals surface area (Å²) < 4.78 is 2.08. The van der Waals surface area contributed by atoms with E-state index in [0.29, 0.717) is 6.04 Å². The van der Waals surface area contributed by atoms with Gasteiger partial charge in [0.25, 0.3) is 0 Å². The molecule has 0 saturated heterocycles. The van der Waals surface area contributed by atoms with Crippen molar-refractivity contribution in [2.75, 3.05) is 6.54 Å². The van der Waals surface area contributed by atoms with Crippen LogP contribution in [0, 0.1) is 20.8 Å². The van der Waals surface area contributed by atoms with Gasteiger partial charge in [0.1, 0.15) is 0 Å². The lowest BCUT2D eigenvalue weighted by Gasteiger charge is -2.08. The fourth-order valence-electron chi connectivity index (χ4n) is 2.37. The van der Waals surface area contributed by atoms with Crippen LogP contribution in [-0.4, -0.2) is 27.4 Å². The van der Waals surface area contributed by atoms with Gasteiger partial charge in [0.15, 0.2) is 0 Å².